The summed E-state index contributed by atoms with van der Waals surface area (Å²) in [6.45, 7) is 0. The van der Waals surface area contributed by atoms with E-state index in [1.807, 2.05) is 11.6 Å². The van der Waals surface area contributed by atoms with Crippen LogP contribution >= 0.6 is 11.6 Å². The number of imidazole rings is 1. The van der Waals surface area contributed by atoms with E-state index in [1.54, 1.807) is 0 Å². The molecule has 0 saturated carbocycles. The van der Waals surface area contributed by atoms with Gasteiger partial charge in [0.25, 0.3) is 0 Å². The van der Waals surface area contributed by atoms with Crippen LogP contribution in [0.25, 0.3) is 11.0 Å². The van der Waals surface area contributed by atoms with Gasteiger partial charge in [-0.1, -0.05) is 30.3 Å². The summed E-state index contributed by atoms with van der Waals surface area (Å²) >= 11 is 6.24. The van der Waals surface area contributed by atoms with Crippen LogP contribution in [0.15, 0.2) is 42.5 Å². The molecule has 2 atom stereocenters. The molecule has 3 heterocycles. The van der Waals surface area contributed by atoms with Crippen molar-refractivity contribution in [1.82, 2.24) is 9.55 Å². The fourth-order valence-electron chi connectivity index (χ4n) is 4.26. The predicted octanol–water partition coefficient (Wildman–Crippen LogP) is 4.62. The zero-order valence-corrected chi connectivity index (χ0v) is 13.1. The molecule has 2 bridgehead atoms. The van der Waals surface area contributed by atoms with E-state index in [1.165, 1.54) is 29.7 Å². The summed E-state index contributed by atoms with van der Waals surface area (Å²) in [6.07, 6.45) is 2.44. The minimum Gasteiger partial charge on any atom is -0.356 e. The average molecular weight is 310 g/mol. The molecule has 3 aromatic rings. The molecule has 4 heteroatoms. The minimum atomic E-state index is 0.479. The Hall–Kier alpha value is -2.00. The van der Waals surface area contributed by atoms with Gasteiger partial charge in [-0.2, -0.15) is 0 Å². The van der Waals surface area contributed by atoms with Crippen molar-refractivity contribution in [2.24, 2.45) is 7.05 Å². The van der Waals surface area contributed by atoms with Crippen molar-refractivity contribution in [3.8, 4) is 0 Å². The van der Waals surface area contributed by atoms with Crippen molar-refractivity contribution in [2.45, 2.75) is 24.9 Å². The highest BCUT2D eigenvalue weighted by Crippen LogP contribution is 2.55. The first kappa shape index (κ1) is 12.5. The zero-order chi connectivity index (χ0) is 14.8. The monoisotopic (exact) mass is 309 g/mol. The number of rotatable bonds is 1. The fraction of sp³-hybridized carbons (Fsp3) is 0.278. The van der Waals surface area contributed by atoms with Gasteiger partial charge in [-0.05, 0) is 47.7 Å². The van der Waals surface area contributed by atoms with Gasteiger partial charge in [0, 0.05) is 7.05 Å². The molecule has 2 unspecified atom stereocenters. The lowest BCUT2D eigenvalue weighted by atomic mass is 9.92. The van der Waals surface area contributed by atoms with Crippen molar-refractivity contribution in [3.05, 3.63) is 58.9 Å². The molecule has 1 fully saturated rings. The van der Waals surface area contributed by atoms with Crippen LogP contribution in [0, 0.1) is 0 Å². The van der Waals surface area contributed by atoms with E-state index in [2.05, 4.69) is 52.3 Å². The standard InChI is InChI=1S/C18H16ClN3/c1-21-15-7-4-8-16(17(15)20-18(21)19)22-13-9-10-14(22)12-6-3-2-5-11(12)13/h2-8,13-14H,9-10H2,1H3. The second-order valence-electron chi connectivity index (χ2n) is 6.23. The van der Waals surface area contributed by atoms with Gasteiger partial charge in [0.2, 0.25) is 5.28 Å². The SMILES string of the molecule is Cn1c(Cl)nc2c(N3C4CCC3c3ccccc34)cccc21. The molecule has 0 spiro atoms. The molecule has 2 aliphatic heterocycles. The topological polar surface area (TPSA) is 21.1 Å². The predicted molar refractivity (Wildman–Crippen MR) is 89.4 cm³/mol. The van der Waals surface area contributed by atoms with E-state index in [0.29, 0.717) is 17.4 Å². The van der Waals surface area contributed by atoms with Crippen molar-refractivity contribution in [3.63, 3.8) is 0 Å². The summed E-state index contributed by atoms with van der Waals surface area (Å²) in [5, 5.41) is 0.548. The van der Waals surface area contributed by atoms with Gasteiger partial charge in [0.1, 0.15) is 5.52 Å². The molecule has 22 heavy (non-hydrogen) atoms. The van der Waals surface area contributed by atoms with Gasteiger partial charge in [-0.25, -0.2) is 4.98 Å². The average Bonchev–Trinajstić information content (AvgIpc) is 3.19. The van der Waals surface area contributed by atoms with Gasteiger partial charge in [-0.15, -0.1) is 0 Å². The van der Waals surface area contributed by atoms with Crippen LogP contribution in [0.3, 0.4) is 0 Å². The summed E-state index contributed by atoms with van der Waals surface area (Å²) in [5.74, 6) is 0. The largest absolute Gasteiger partial charge is 0.356 e. The van der Waals surface area contributed by atoms with Crippen molar-refractivity contribution in [1.29, 1.82) is 0 Å². The van der Waals surface area contributed by atoms with Crippen LogP contribution in [-0.2, 0) is 7.05 Å². The number of benzene rings is 2. The van der Waals surface area contributed by atoms with Crippen LogP contribution in [-0.4, -0.2) is 9.55 Å². The first-order chi connectivity index (χ1) is 10.8. The first-order valence-corrected chi connectivity index (χ1v) is 8.11. The van der Waals surface area contributed by atoms with Gasteiger partial charge >= 0.3 is 0 Å². The number of fused-ring (bicyclic) bond motifs is 6. The van der Waals surface area contributed by atoms with Crippen molar-refractivity contribution < 1.29 is 0 Å². The summed E-state index contributed by atoms with van der Waals surface area (Å²) in [4.78, 5) is 7.16. The third kappa shape index (κ3) is 1.45. The highest BCUT2D eigenvalue weighted by Gasteiger charge is 2.44. The maximum Gasteiger partial charge on any atom is 0.203 e. The van der Waals surface area contributed by atoms with Crippen LogP contribution < -0.4 is 4.90 Å². The smallest absolute Gasteiger partial charge is 0.203 e. The number of aromatic nitrogens is 2. The second kappa shape index (κ2) is 4.26. The molecular formula is C18H16ClN3. The van der Waals surface area contributed by atoms with Gasteiger partial charge in [0.05, 0.1) is 23.3 Å². The Labute approximate surface area is 134 Å². The minimum absolute atomic E-state index is 0.479. The van der Waals surface area contributed by atoms with Crippen LogP contribution in [0.1, 0.15) is 36.1 Å². The summed E-state index contributed by atoms with van der Waals surface area (Å²) in [6, 6.07) is 16.2. The second-order valence-corrected chi connectivity index (χ2v) is 6.57. The summed E-state index contributed by atoms with van der Waals surface area (Å²) in [5.41, 5.74) is 6.29. The normalized spacial score (nSPS) is 22.5. The summed E-state index contributed by atoms with van der Waals surface area (Å²) in [7, 11) is 1.97. The number of aryl methyl sites for hydroxylation is 1. The van der Waals surface area contributed by atoms with Gasteiger partial charge in [-0.3, -0.25) is 0 Å². The molecule has 3 nitrogen and oxygen atoms in total. The Morgan fingerprint density at radius 1 is 1.00 bits per heavy atom. The molecule has 110 valence electrons. The molecule has 0 radical (unpaired) electrons. The molecule has 0 aliphatic carbocycles. The van der Waals surface area contributed by atoms with E-state index in [9.17, 15) is 0 Å². The molecule has 0 N–H and O–H groups in total. The van der Waals surface area contributed by atoms with E-state index in [-0.39, 0.29) is 0 Å². The quantitative estimate of drug-likeness (QED) is 0.654. The lowest BCUT2D eigenvalue weighted by Crippen LogP contribution is -2.18. The third-order valence-electron chi connectivity index (χ3n) is 5.21. The van der Waals surface area contributed by atoms with Gasteiger partial charge in [0.15, 0.2) is 0 Å². The van der Waals surface area contributed by atoms with Crippen molar-refractivity contribution in [2.75, 3.05) is 4.90 Å². The van der Waals surface area contributed by atoms with Crippen LogP contribution in [0.4, 0.5) is 5.69 Å². The Morgan fingerprint density at radius 2 is 1.68 bits per heavy atom. The number of nitrogens with zero attached hydrogens (tertiary/aromatic N) is 3. The van der Waals surface area contributed by atoms with Crippen LogP contribution in [0.2, 0.25) is 5.28 Å². The lowest BCUT2D eigenvalue weighted by Gasteiger charge is -2.25. The maximum absolute atomic E-state index is 6.24. The number of hydrogen-bond acceptors (Lipinski definition) is 2. The Morgan fingerprint density at radius 3 is 2.36 bits per heavy atom. The first-order valence-electron chi connectivity index (χ1n) is 7.74. The van der Waals surface area contributed by atoms with Gasteiger partial charge < -0.3 is 9.47 Å². The number of hydrogen-bond donors (Lipinski definition) is 0. The number of anilines is 1. The lowest BCUT2D eigenvalue weighted by molar-refractivity contribution is 0.717. The highest BCUT2D eigenvalue weighted by molar-refractivity contribution is 6.29. The molecular weight excluding hydrogens is 294 g/mol. The maximum atomic E-state index is 6.24. The molecule has 5 rings (SSSR count). The third-order valence-corrected chi connectivity index (χ3v) is 5.55. The molecule has 2 aliphatic rings. The number of para-hydroxylation sites is 1. The Balaban J connectivity index is 1.73. The van der Waals surface area contributed by atoms with E-state index in [0.717, 1.165) is 11.0 Å². The van der Waals surface area contributed by atoms with Crippen LogP contribution in [0.5, 0.6) is 0 Å². The van der Waals surface area contributed by atoms with E-state index >= 15 is 0 Å². The molecule has 2 aromatic carbocycles. The molecule has 1 saturated heterocycles. The molecule has 0 amide bonds. The Bertz CT molecular complexity index is 867. The van der Waals surface area contributed by atoms with E-state index in [4.69, 9.17) is 11.6 Å². The highest BCUT2D eigenvalue weighted by atomic mass is 35.5. The summed E-state index contributed by atoms with van der Waals surface area (Å²) < 4.78 is 1.95. The zero-order valence-electron chi connectivity index (χ0n) is 12.3. The number of halogens is 1. The van der Waals surface area contributed by atoms with Crippen molar-refractivity contribution >= 4 is 28.3 Å². The fourth-order valence-corrected chi connectivity index (χ4v) is 4.43. The molecule has 1 aromatic heterocycles. The van der Waals surface area contributed by atoms with E-state index < -0.39 is 0 Å². The Kier molecular flexibility index (Phi) is 2.43.